The minimum absolute atomic E-state index is 0.0601. The van der Waals surface area contributed by atoms with Crippen molar-refractivity contribution in [3.05, 3.63) is 64.8 Å². The lowest BCUT2D eigenvalue weighted by molar-refractivity contribution is -0.122. The molecule has 4 rings (SSSR count). The maximum Gasteiger partial charge on any atom is 0.262 e. The Morgan fingerprint density at radius 2 is 2.00 bits per heavy atom. The number of nitrogens with one attached hydrogen (secondary N) is 2. The van der Waals surface area contributed by atoms with E-state index in [4.69, 9.17) is 4.74 Å². The van der Waals surface area contributed by atoms with Gasteiger partial charge in [-0.3, -0.25) is 9.59 Å². The van der Waals surface area contributed by atoms with Crippen molar-refractivity contribution in [2.75, 3.05) is 6.54 Å². The van der Waals surface area contributed by atoms with Crippen molar-refractivity contribution in [3.8, 4) is 5.75 Å². The van der Waals surface area contributed by atoms with Crippen LogP contribution in [-0.4, -0.2) is 24.4 Å². The number of carbonyl (C=O) groups is 2. The van der Waals surface area contributed by atoms with E-state index in [-0.39, 0.29) is 18.4 Å². The van der Waals surface area contributed by atoms with E-state index in [0.717, 1.165) is 12.8 Å². The minimum atomic E-state index is -0.581. The number of hydrogen-bond donors (Lipinski definition) is 2. The van der Waals surface area contributed by atoms with E-state index in [1.54, 1.807) is 24.3 Å². The normalized spacial score (nSPS) is 16.9. The second kappa shape index (κ2) is 8.61. The molecule has 1 aliphatic heterocycles. The maximum atomic E-state index is 14.6. The minimum Gasteiger partial charge on any atom is -0.489 e. The lowest BCUT2D eigenvalue weighted by Crippen LogP contribution is -2.45. The van der Waals surface area contributed by atoms with Crippen molar-refractivity contribution in [3.63, 3.8) is 0 Å². The highest BCUT2D eigenvalue weighted by Crippen LogP contribution is 2.34. The summed E-state index contributed by atoms with van der Waals surface area (Å²) in [5.41, 5.74) is 0.499. The second-order valence-corrected chi connectivity index (χ2v) is 7.99. The highest BCUT2D eigenvalue weighted by molar-refractivity contribution is 7.21. The zero-order valence-electron chi connectivity index (χ0n) is 15.7. The summed E-state index contributed by atoms with van der Waals surface area (Å²) in [6.45, 7) is 0.681. The fraction of sp³-hybridized carbons (Fsp3) is 0.273. The van der Waals surface area contributed by atoms with Gasteiger partial charge < -0.3 is 15.4 Å². The van der Waals surface area contributed by atoms with Crippen LogP contribution in [0.2, 0.25) is 0 Å². The predicted octanol–water partition coefficient (Wildman–Crippen LogP) is 4.02. The van der Waals surface area contributed by atoms with E-state index >= 15 is 0 Å². The molecule has 0 radical (unpaired) electrons. The Bertz CT molecular complexity index is 1040. The van der Waals surface area contributed by atoms with Crippen molar-refractivity contribution in [2.45, 2.75) is 31.9 Å². The molecule has 5 nitrogen and oxygen atoms in total. The number of benzene rings is 2. The van der Waals surface area contributed by atoms with Crippen LogP contribution in [0.3, 0.4) is 0 Å². The first-order valence-electron chi connectivity index (χ1n) is 9.60. The number of rotatable bonds is 5. The van der Waals surface area contributed by atoms with Crippen LogP contribution in [0.1, 0.15) is 34.5 Å². The lowest BCUT2D eigenvalue weighted by Gasteiger charge is -2.15. The topological polar surface area (TPSA) is 67.4 Å². The van der Waals surface area contributed by atoms with Crippen molar-refractivity contribution >= 4 is 33.2 Å². The number of para-hydroxylation sites is 1. The number of thiophene rings is 1. The third-order valence-electron chi connectivity index (χ3n) is 4.94. The Morgan fingerprint density at radius 3 is 2.83 bits per heavy atom. The maximum absolute atomic E-state index is 14.6. The van der Waals surface area contributed by atoms with Crippen molar-refractivity contribution in [1.29, 1.82) is 0 Å². The molecule has 1 fully saturated rings. The summed E-state index contributed by atoms with van der Waals surface area (Å²) >= 11 is 1.21. The quantitative estimate of drug-likeness (QED) is 0.665. The van der Waals surface area contributed by atoms with Crippen LogP contribution in [-0.2, 0) is 11.4 Å². The van der Waals surface area contributed by atoms with Crippen LogP contribution in [0.15, 0.2) is 48.5 Å². The van der Waals surface area contributed by atoms with Crippen LogP contribution in [0.5, 0.6) is 5.75 Å². The first kappa shape index (κ1) is 19.4. The Balaban J connectivity index is 1.64. The van der Waals surface area contributed by atoms with Gasteiger partial charge in [-0.05, 0) is 43.5 Å². The van der Waals surface area contributed by atoms with Crippen LogP contribution in [0, 0.1) is 5.82 Å². The van der Waals surface area contributed by atoms with Crippen molar-refractivity contribution < 1.29 is 18.7 Å². The number of halogens is 1. The number of amides is 2. The summed E-state index contributed by atoms with van der Waals surface area (Å²) in [6, 6.07) is 13.4. The Labute approximate surface area is 171 Å². The fourth-order valence-electron chi connectivity index (χ4n) is 3.46. The van der Waals surface area contributed by atoms with E-state index in [2.05, 4.69) is 10.6 Å². The number of hydrogen-bond acceptors (Lipinski definition) is 4. The lowest BCUT2D eigenvalue weighted by atomic mass is 10.1. The van der Waals surface area contributed by atoms with E-state index in [1.165, 1.54) is 17.4 Å². The first-order chi connectivity index (χ1) is 14.1. The van der Waals surface area contributed by atoms with E-state index in [1.807, 2.05) is 18.2 Å². The van der Waals surface area contributed by atoms with Gasteiger partial charge in [0.1, 0.15) is 24.2 Å². The van der Waals surface area contributed by atoms with Gasteiger partial charge in [-0.1, -0.05) is 24.3 Å². The summed E-state index contributed by atoms with van der Waals surface area (Å²) in [6.07, 6.45) is 2.34. The van der Waals surface area contributed by atoms with E-state index < -0.39 is 11.9 Å². The Morgan fingerprint density at radius 1 is 1.17 bits per heavy atom. The van der Waals surface area contributed by atoms with Crippen molar-refractivity contribution in [1.82, 2.24) is 10.6 Å². The smallest absolute Gasteiger partial charge is 0.262 e. The zero-order valence-corrected chi connectivity index (χ0v) is 16.6. The Kier molecular flexibility index (Phi) is 5.76. The third kappa shape index (κ3) is 4.24. The highest BCUT2D eigenvalue weighted by Gasteiger charge is 2.27. The Hall–Kier alpha value is -2.93. The van der Waals surface area contributed by atoms with Gasteiger partial charge in [-0.25, -0.2) is 4.39 Å². The van der Waals surface area contributed by atoms with E-state index in [9.17, 15) is 14.0 Å². The molecule has 2 N–H and O–H groups in total. The molecule has 1 aliphatic rings. The first-order valence-corrected chi connectivity index (χ1v) is 10.4. The van der Waals surface area contributed by atoms with Crippen molar-refractivity contribution in [2.24, 2.45) is 0 Å². The molecule has 2 heterocycles. The molecule has 7 heteroatoms. The summed E-state index contributed by atoms with van der Waals surface area (Å²) in [5, 5.41) is 6.03. The van der Waals surface area contributed by atoms with Gasteiger partial charge in [0, 0.05) is 22.2 Å². The van der Waals surface area contributed by atoms with Gasteiger partial charge in [-0.2, -0.15) is 0 Å². The van der Waals surface area contributed by atoms with Gasteiger partial charge in [0.15, 0.2) is 0 Å². The molecule has 0 aliphatic carbocycles. The van der Waals surface area contributed by atoms with Gasteiger partial charge in [0.2, 0.25) is 5.91 Å². The molecule has 1 aromatic heterocycles. The summed E-state index contributed by atoms with van der Waals surface area (Å²) in [4.78, 5) is 25.6. The summed E-state index contributed by atoms with van der Waals surface area (Å²) < 4.78 is 21.1. The SMILES string of the molecule is O=C(NC1CCCCNC1=O)c1sc2cccc(F)c2c1COc1ccccc1. The number of ether oxygens (including phenoxy) is 1. The molecule has 3 aromatic rings. The van der Waals surface area contributed by atoms with Gasteiger partial charge in [-0.15, -0.1) is 11.3 Å². The molecule has 0 saturated carbocycles. The van der Waals surface area contributed by atoms with Crippen LogP contribution in [0.4, 0.5) is 4.39 Å². The van der Waals surface area contributed by atoms with Crippen LogP contribution < -0.4 is 15.4 Å². The molecule has 29 heavy (non-hydrogen) atoms. The molecule has 150 valence electrons. The van der Waals surface area contributed by atoms with E-state index in [0.29, 0.717) is 39.2 Å². The molecule has 0 spiro atoms. The van der Waals surface area contributed by atoms with Crippen LogP contribution >= 0.6 is 11.3 Å². The highest BCUT2D eigenvalue weighted by atomic mass is 32.1. The van der Waals surface area contributed by atoms with Gasteiger partial charge >= 0.3 is 0 Å². The largest absolute Gasteiger partial charge is 0.489 e. The average molecular weight is 412 g/mol. The molecule has 2 aromatic carbocycles. The molecular weight excluding hydrogens is 391 g/mol. The third-order valence-corrected chi connectivity index (χ3v) is 6.13. The molecule has 1 unspecified atom stereocenters. The van der Waals surface area contributed by atoms with Gasteiger partial charge in [0.25, 0.3) is 5.91 Å². The van der Waals surface area contributed by atoms with Gasteiger partial charge in [0.05, 0.1) is 4.88 Å². The average Bonchev–Trinajstić information content (AvgIpc) is 3.00. The summed E-state index contributed by atoms with van der Waals surface area (Å²) in [7, 11) is 0. The molecule has 0 bridgehead atoms. The second-order valence-electron chi connectivity index (χ2n) is 6.94. The predicted molar refractivity (Wildman–Crippen MR) is 111 cm³/mol. The van der Waals surface area contributed by atoms with Crippen LogP contribution in [0.25, 0.3) is 10.1 Å². The molecular formula is C22H21FN2O3S. The molecule has 1 saturated heterocycles. The molecule has 1 atom stereocenters. The standard InChI is InChI=1S/C22H21FN2O3S/c23-16-9-6-11-18-19(16)15(13-28-14-7-2-1-3-8-14)20(29-18)22(27)25-17-10-4-5-12-24-21(17)26/h1-3,6-9,11,17H,4-5,10,12-13H2,(H,24,26)(H,25,27). The number of carbonyl (C=O) groups excluding carboxylic acids is 2. The molecule has 2 amide bonds. The number of fused-ring (bicyclic) bond motifs is 1. The zero-order chi connectivity index (χ0) is 20.2. The monoisotopic (exact) mass is 412 g/mol. The summed E-state index contributed by atoms with van der Waals surface area (Å²) in [5.74, 6) is -0.307. The fourth-order valence-corrected chi connectivity index (χ4v) is 4.59.